The van der Waals surface area contributed by atoms with Gasteiger partial charge in [-0.05, 0) is 43.7 Å². The van der Waals surface area contributed by atoms with Crippen LogP contribution in [0.15, 0.2) is 35.5 Å². The van der Waals surface area contributed by atoms with Gasteiger partial charge in [0, 0.05) is 0 Å². The van der Waals surface area contributed by atoms with Gasteiger partial charge in [-0.2, -0.15) is 0 Å². The number of nitrogens with one attached hydrogen (secondary N) is 2. The van der Waals surface area contributed by atoms with Crippen molar-refractivity contribution >= 4 is 34.4 Å². The number of rotatable bonds is 4. The van der Waals surface area contributed by atoms with Gasteiger partial charge in [-0.25, -0.2) is 18.2 Å². The highest BCUT2D eigenvalue weighted by Crippen LogP contribution is 2.26. The smallest absolute Gasteiger partial charge is 0.237 e. The van der Waals surface area contributed by atoms with E-state index in [1.54, 1.807) is 6.92 Å². The van der Waals surface area contributed by atoms with E-state index < -0.39 is 34.3 Å². The lowest BCUT2D eigenvalue weighted by molar-refractivity contribution is -0.115. The first-order valence-corrected chi connectivity index (χ1v) is 8.30. The molecule has 1 unspecified atom stereocenters. The van der Waals surface area contributed by atoms with Crippen LogP contribution in [0.3, 0.4) is 0 Å². The zero-order valence-electron chi connectivity index (χ0n) is 13.4. The summed E-state index contributed by atoms with van der Waals surface area (Å²) in [6.07, 6.45) is 0. The summed E-state index contributed by atoms with van der Waals surface area (Å²) in [6, 6.07) is 7.47. The first-order valence-electron chi connectivity index (χ1n) is 7.42. The summed E-state index contributed by atoms with van der Waals surface area (Å²) in [5.74, 6) is -4.91. The summed E-state index contributed by atoms with van der Waals surface area (Å²) < 4.78 is 39.8. The summed E-state index contributed by atoms with van der Waals surface area (Å²) in [7, 11) is 0. The van der Waals surface area contributed by atoms with Crippen molar-refractivity contribution in [2.75, 3.05) is 5.32 Å². The lowest BCUT2D eigenvalue weighted by atomic mass is 10.2. The van der Waals surface area contributed by atoms with Gasteiger partial charge in [-0.3, -0.25) is 4.79 Å². The van der Waals surface area contributed by atoms with Crippen LogP contribution in [0, 0.1) is 24.4 Å². The third kappa shape index (κ3) is 3.63. The summed E-state index contributed by atoms with van der Waals surface area (Å²) in [5, 5.41) is 2.16. The number of thioether (sulfide) groups is 1. The standard InChI is InChI=1S/C17H14F3N3OS/c1-8-3-5-11-13(7-8)23-17(22-11)25-9(2)16(24)21-12-6-4-10(18)14(19)15(12)20/h3-7,9H,1-2H3,(H,21,24)(H,22,23). The molecule has 0 aliphatic rings. The molecule has 0 saturated heterocycles. The lowest BCUT2D eigenvalue weighted by Gasteiger charge is -2.11. The maximum atomic E-state index is 13.6. The Morgan fingerprint density at radius 3 is 2.72 bits per heavy atom. The summed E-state index contributed by atoms with van der Waals surface area (Å²) >= 11 is 1.15. The molecular weight excluding hydrogens is 351 g/mol. The van der Waals surface area contributed by atoms with Gasteiger partial charge >= 0.3 is 0 Å². The van der Waals surface area contributed by atoms with Gasteiger partial charge in [-0.1, -0.05) is 17.8 Å². The Labute approximate surface area is 145 Å². The van der Waals surface area contributed by atoms with Gasteiger partial charge in [0.25, 0.3) is 0 Å². The fourth-order valence-electron chi connectivity index (χ4n) is 2.23. The Bertz CT molecular complexity index is 958. The second-order valence-electron chi connectivity index (χ2n) is 5.53. The summed E-state index contributed by atoms with van der Waals surface area (Å²) in [4.78, 5) is 19.7. The van der Waals surface area contributed by atoms with Crippen molar-refractivity contribution in [3.8, 4) is 0 Å². The molecule has 1 amide bonds. The van der Waals surface area contributed by atoms with Crippen LogP contribution in [0.25, 0.3) is 11.0 Å². The molecule has 3 aromatic rings. The highest BCUT2D eigenvalue weighted by molar-refractivity contribution is 8.00. The lowest BCUT2D eigenvalue weighted by Crippen LogP contribution is -2.23. The van der Waals surface area contributed by atoms with Crippen molar-refractivity contribution in [1.29, 1.82) is 0 Å². The van der Waals surface area contributed by atoms with Crippen molar-refractivity contribution < 1.29 is 18.0 Å². The molecule has 0 fully saturated rings. The molecule has 8 heteroatoms. The van der Waals surface area contributed by atoms with Crippen LogP contribution in [-0.4, -0.2) is 21.1 Å². The molecule has 0 spiro atoms. The molecule has 2 N–H and O–H groups in total. The molecule has 0 aliphatic heterocycles. The van der Waals surface area contributed by atoms with Crippen LogP contribution in [0.5, 0.6) is 0 Å². The van der Waals surface area contributed by atoms with Gasteiger partial charge in [0.05, 0.1) is 22.0 Å². The number of halogens is 3. The van der Waals surface area contributed by atoms with E-state index in [4.69, 9.17) is 0 Å². The van der Waals surface area contributed by atoms with Gasteiger partial charge in [0.1, 0.15) is 0 Å². The second-order valence-corrected chi connectivity index (χ2v) is 6.86. The molecule has 1 aromatic heterocycles. The van der Waals surface area contributed by atoms with E-state index in [-0.39, 0.29) is 0 Å². The number of aromatic amines is 1. The number of aromatic nitrogens is 2. The SMILES string of the molecule is Cc1ccc2nc(SC(C)C(=O)Nc3ccc(F)c(F)c3F)[nH]c2c1. The Morgan fingerprint density at radius 1 is 1.20 bits per heavy atom. The number of hydrogen-bond acceptors (Lipinski definition) is 3. The number of carbonyl (C=O) groups is 1. The predicted octanol–water partition coefficient (Wildman–Crippen LogP) is 4.41. The van der Waals surface area contributed by atoms with Crippen molar-refractivity contribution in [3.63, 3.8) is 0 Å². The van der Waals surface area contributed by atoms with Crippen LogP contribution in [0.4, 0.5) is 18.9 Å². The van der Waals surface area contributed by atoms with Gasteiger partial charge < -0.3 is 10.3 Å². The number of benzene rings is 2. The largest absolute Gasteiger partial charge is 0.333 e. The topological polar surface area (TPSA) is 57.8 Å². The summed E-state index contributed by atoms with van der Waals surface area (Å²) in [5.41, 5.74) is 2.29. The van der Waals surface area contributed by atoms with Crippen LogP contribution in [0.2, 0.25) is 0 Å². The van der Waals surface area contributed by atoms with Gasteiger partial charge in [0.15, 0.2) is 22.6 Å². The first-order chi connectivity index (χ1) is 11.8. The Kier molecular flexibility index (Phi) is 4.71. The number of aryl methyl sites for hydroxylation is 1. The van der Waals surface area contributed by atoms with E-state index in [2.05, 4.69) is 15.3 Å². The van der Waals surface area contributed by atoms with Crippen LogP contribution in [0.1, 0.15) is 12.5 Å². The van der Waals surface area contributed by atoms with E-state index in [9.17, 15) is 18.0 Å². The van der Waals surface area contributed by atoms with E-state index in [0.29, 0.717) is 5.16 Å². The number of imidazole rings is 1. The second kappa shape index (κ2) is 6.79. The van der Waals surface area contributed by atoms with E-state index in [1.165, 1.54) is 0 Å². The highest BCUT2D eigenvalue weighted by atomic mass is 32.2. The zero-order chi connectivity index (χ0) is 18.1. The minimum absolute atomic E-state index is 0.406. The van der Waals surface area contributed by atoms with Crippen molar-refractivity contribution in [2.24, 2.45) is 0 Å². The first kappa shape index (κ1) is 17.3. The van der Waals surface area contributed by atoms with Gasteiger partial charge in [-0.15, -0.1) is 0 Å². The molecule has 1 atom stereocenters. The fourth-order valence-corrected chi connectivity index (χ4v) is 3.05. The molecule has 4 nitrogen and oxygen atoms in total. The minimum Gasteiger partial charge on any atom is -0.333 e. The Morgan fingerprint density at radius 2 is 1.96 bits per heavy atom. The molecule has 130 valence electrons. The van der Waals surface area contributed by atoms with Crippen molar-refractivity contribution in [2.45, 2.75) is 24.3 Å². The molecule has 0 aliphatic carbocycles. The van der Waals surface area contributed by atoms with Crippen molar-refractivity contribution in [1.82, 2.24) is 9.97 Å². The number of anilines is 1. The minimum atomic E-state index is -1.62. The number of fused-ring (bicyclic) bond motifs is 1. The Hall–Kier alpha value is -2.48. The monoisotopic (exact) mass is 365 g/mol. The molecule has 1 heterocycles. The van der Waals surface area contributed by atoms with E-state index in [0.717, 1.165) is 40.5 Å². The third-order valence-electron chi connectivity index (χ3n) is 3.57. The number of nitrogens with zero attached hydrogens (tertiary/aromatic N) is 1. The Balaban J connectivity index is 1.72. The molecule has 0 bridgehead atoms. The van der Waals surface area contributed by atoms with Crippen LogP contribution < -0.4 is 5.32 Å². The normalized spacial score (nSPS) is 12.4. The zero-order valence-corrected chi connectivity index (χ0v) is 14.2. The summed E-state index contributed by atoms with van der Waals surface area (Å²) in [6.45, 7) is 3.57. The number of hydrogen-bond donors (Lipinski definition) is 2. The molecule has 0 radical (unpaired) electrons. The molecular formula is C17H14F3N3OS. The molecule has 25 heavy (non-hydrogen) atoms. The predicted molar refractivity (Wildman–Crippen MR) is 91.1 cm³/mol. The average Bonchev–Trinajstić information content (AvgIpc) is 2.96. The quantitative estimate of drug-likeness (QED) is 0.532. The van der Waals surface area contributed by atoms with Gasteiger partial charge in [0.2, 0.25) is 5.91 Å². The average molecular weight is 365 g/mol. The van der Waals surface area contributed by atoms with Crippen LogP contribution >= 0.6 is 11.8 Å². The fraction of sp³-hybridized carbons (Fsp3) is 0.176. The molecule has 0 saturated carbocycles. The highest BCUT2D eigenvalue weighted by Gasteiger charge is 2.20. The number of amides is 1. The van der Waals surface area contributed by atoms with E-state index >= 15 is 0 Å². The molecule has 2 aromatic carbocycles. The number of H-pyrrole nitrogens is 1. The molecule has 3 rings (SSSR count). The maximum Gasteiger partial charge on any atom is 0.237 e. The number of carbonyl (C=O) groups excluding carboxylic acids is 1. The van der Waals surface area contributed by atoms with E-state index in [1.807, 2.05) is 25.1 Å². The van der Waals surface area contributed by atoms with Crippen molar-refractivity contribution in [3.05, 3.63) is 53.3 Å². The van der Waals surface area contributed by atoms with Crippen LogP contribution in [-0.2, 0) is 4.79 Å². The maximum absolute atomic E-state index is 13.6. The third-order valence-corrected chi connectivity index (χ3v) is 4.55.